The van der Waals surface area contributed by atoms with Crippen LogP contribution in [0.3, 0.4) is 0 Å². The summed E-state index contributed by atoms with van der Waals surface area (Å²) in [6.07, 6.45) is 4.32. The first-order chi connectivity index (χ1) is 6.42. The number of alkyl halides is 1. The molecule has 2 rings (SSSR count). The third-order valence-corrected chi connectivity index (χ3v) is 2.75. The van der Waals surface area contributed by atoms with E-state index in [1.54, 1.807) is 0 Å². The third kappa shape index (κ3) is 1.85. The molecule has 1 aliphatic heterocycles. The minimum absolute atomic E-state index is 1.02. The molecular weight excluding hydrogens is 228 g/mol. The molecular formula is C10H13BrN2. The molecule has 70 valence electrons. The molecule has 3 heteroatoms. The number of anilines is 1. The van der Waals surface area contributed by atoms with Gasteiger partial charge in [-0.05, 0) is 24.5 Å². The molecule has 0 fully saturated rings. The van der Waals surface area contributed by atoms with Gasteiger partial charge in [-0.25, -0.2) is 4.98 Å². The predicted octanol–water partition coefficient (Wildman–Crippen LogP) is 2.23. The van der Waals surface area contributed by atoms with E-state index in [-0.39, 0.29) is 0 Å². The molecule has 0 spiro atoms. The quantitative estimate of drug-likeness (QED) is 0.738. The summed E-state index contributed by atoms with van der Waals surface area (Å²) < 4.78 is 0. The lowest BCUT2D eigenvalue weighted by molar-refractivity contribution is 0.698. The Labute approximate surface area is 87.1 Å². The second-order valence-electron chi connectivity index (χ2n) is 3.27. The van der Waals surface area contributed by atoms with Gasteiger partial charge in [0.05, 0.1) is 0 Å². The van der Waals surface area contributed by atoms with Gasteiger partial charge in [-0.3, -0.25) is 0 Å². The predicted molar refractivity (Wildman–Crippen MR) is 58.6 cm³/mol. The first-order valence-corrected chi connectivity index (χ1v) is 5.79. The zero-order valence-electron chi connectivity index (χ0n) is 7.54. The van der Waals surface area contributed by atoms with Gasteiger partial charge in [0.2, 0.25) is 0 Å². The van der Waals surface area contributed by atoms with E-state index in [0.717, 1.165) is 18.4 Å². The lowest BCUT2D eigenvalue weighted by atomic mass is 10.1. The number of fused-ring (bicyclic) bond motifs is 1. The summed E-state index contributed by atoms with van der Waals surface area (Å²) in [7, 11) is 0. The van der Waals surface area contributed by atoms with E-state index in [1.165, 1.54) is 24.2 Å². The standard InChI is InChI=1S/C10H13BrN2/c11-5-8-13-7-2-4-9-3-1-6-12-10(9)13/h1,3,6H,2,4-5,7-8H2. The molecule has 1 aromatic heterocycles. The van der Waals surface area contributed by atoms with Crippen molar-refractivity contribution in [1.29, 1.82) is 0 Å². The van der Waals surface area contributed by atoms with Crippen LogP contribution in [0.5, 0.6) is 0 Å². The van der Waals surface area contributed by atoms with Crippen LogP contribution >= 0.6 is 15.9 Å². The van der Waals surface area contributed by atoms with Gasteiger partial charge in [-0.1, -0.05) is 22.0 Å². The largest absolute Gasteiger partial charge is 0.356 e. The van der Waals surface area contributed by atoms with E-state index in [0.29, 0.717) is 0 Å². The van der Waals surface area contributed by atoms with Gasteiger partial charge >= 0.3 is 0 Å². The molecule has 0 aromatic carbocycles. The van der Waals surface area contributed by atoms with Crippen molar-refractivity contribution in [3.8, 4) is 0 Å². The SMILES string of the molecule is BrCCN1CCCc2cccnc21. The molecule has 2 nitrogen and oxygen atoms in total. The molecule has 0 amide bonds. The molecule has 2 heterocycles. The van der Waals surface area contributed by atoms with Crippen LogP contribution in [0.1, 0.15) is 12.0 Å². The Kier molecular flexibility index (Phi) is 2.83. The zero-order valence-corrected chi connectivity index (χ0v) is 9.13. The number of halogens is 1. The summed E-state index contributed by atoms with van der Waals surface area (Å²) in [4.78, 5) is 6.78. The highest BCUT2D eigenvalue weighted by Crippen LogP contribution is 2.23. The van der Waals surface area contributed by atoms with Gasteiger partial charge in [0, 0.05) is 24.6 Å². The van der Waals surface area contributed by atoms with Crippen LogP contribution in [-0.2, 0) is 6.42 Å². The second-order valence-corrected chi connectivity index (χ2v) is 4.06. The van der Waals surface area contributed by atoms with Crippen molar-refractivity contribution in [2.75, 3.05) is 23.3 Å². The molecule has 0 aliphatic carbocycles. The molecule has 0 unspecified atom stereocenters. The average molecular weight is 241 g/mol. The van der Waals surface area contributed by atoms with E-state index >= 15 is 0 Å². The van der Waals surface area contributed by atoms with Gasteiger partial charge in [0.1, 0.15) is 5.82 Å². The van der Waals surface area contributed by atoms with Crippen molar-refractivity contribution >= 4 is 21.7 Å². The molecule has 1 aromatic rings. The lowest BCUT2D eigenvalue weighted by Gasteiger charge is -2.29. The number of aryl methyl sites for hydroxylation is 1. The summed E-state index contributed by atoms with van der Waals surface area (Å²) in [5, 5.41) is 1.02. The summed E-state index contributed by atoms with van der Waals surface area (Å²) in [6.45, 7) is 2.21. The number of rotatable bonds is 2. The Morgan fingerprint density at radius 3 is 3.31 bits per heavy atom. The summed E-state index contributed by atoms with van der Waals surface area (Å²) in [6, 6.07) is 4.21. The van der Waals surface area contributed by atoms with Gasteiger partial charge in [-0.15, -0.1) is 0 Å². The Hall–Kier alpha value is -0.570. The fourth-order valence-corrected chi connectivity index (χ4v) is 2.22. The summed E-state index contributed by atoms with van der Waals surface area (Å²) in [5.74, 6) is 1.19. The van der Waals surface area contributed by atoms with E-state index in [2.05, 4.69) is 31.9 Å². The van der Waals surface area contributed by atoms with Crippen molar-refractivity contribution in [1.82, 2.24) is 4.98 Å². The maximum absolute atomic E-state index is 4.42. The number of pyridine rings is 1. The smallest absolute Gasteiger partial charge is 0.131 e. The minimum atomic E-state index is 1.02. The average Bonchev–Trinajstić information content (AvgIpc) is 2.19. The second kappa shape index (κ2) is 4.09. The molecule has 0 saturated heterocycles. The van der Waals surface area contributed by atoms with Crippen LogP contribution in [0.2, 0.25) is 0 Å². The lowest BCUT2D eigenvalue weighted by Crippen LogP contribution is -2.31. The fraction of sp³-hybridized carbons (Fsp3) is 0.500. The topological polar surface area (TPSA) is 16.1 Å². The van der Waals surface area contributed by atoms with Gasteiger partial charge < -0.3 is 4.90 Å². The summed E-state index contributed by atoms with van der Waals surface area (Å²) in [5.41, 5.74) is 1.40. The normalized spacial score (nSPS) is 15.6. The molecule has 0 bridgehead atoms. The van der Waals surface area contributed by atoms with E-state index in [1.807, 2.05) is 12.3 Å². The number of hydrogen-bond donors (Lipinski definition) is 0. The Morgan fingerprint density at radius 1 is 1.54 bits per heavy atom. The highest BCUT2D eigenvalue weighted by Gasteiger charge is 2.16. The van der Waals surface area contributed by atoms with Crippen LogP contribution in [-0.4, -0.2) is 23.4 Å². The Balaban J connectivity index is 2.26. The van der Waals surface area contributed by atoms with Gasteiger partial charge in [-0.2, -0.15) is 0 Å². The zero-order chi connectivity index (χ0) is 9.10. The van der Waals surface area contributed by atoms with Crippen LogP contribution in [0.25, 0.3) is 0 Å². The highest BCUT2D eigenvalue weighted by atomic mass is 79.9. The third-order valence-electron chi connectivity index (χ3n) is 2.40. The fourth-order valence-electron chi connectivity index (χ4n) is 1.80. The van der Waals surface area contributed by atoms with Crippen molar-refractivity contribution in [3.05, 3.63) is 23.9 Å². The van der Waals surface area contributed by atoms with Crippen LogP contribution < -0.4 is 4.90 Å². The van der Waals surface area contributed by atoms with Crippen molar-refractivity contribution in [2.45, 2.75) is 12.8 Å². The maximum Gasteiger partial charge on any atom is 0.131 e. The maximum atomic E-state index is 4.42. The number of nitrogens with zero attached hydrogens (tertiary/aromatic N) is 2. The number of hydrogen-bond acceptors (Lipinski definition) is 2. The molecule has 1 aliphatic rings. The minimum Gasteiger partial charge on any atom is -0.356 e. The summed E-state index contributed by atoms with van der Waals surface area (Å²) >= 11 is 3.47. The highest BCUT2D eigenvalue weighted by molar-refractivity contribution is 9.09. The molecule has 0 atom stereocenters. The monoisotopic (exact) mass is 240 g/mol. The first-order valence-electron chi connectivity index (χ1n) is 4.66. The van der Waals surface area contributed by atoms with E-state index in [9.17, 15) is 0 Å². The first kappa shape index (κ1) is 9.00. The van der Waals surface area contributed by atoms with E-state index < -0.39 is 0 Å². The Bertz CT molecular complexity index is 288. The Morgan fingerprint density at radius 2 is 2.46 bits per heavy atom. The van der Waals surface area contributed by atoms with Crippen LogP contribution in [0, 0.1) is 0 Å². The van der Waals surface area contributed by atoms with E-state index in [4.69, 9.17) is 0 Å². The van der Waals surface area contributed by atoms with Crippen LogP contribution in [0.4, 0.5) is 5.82 Å². The van der Waals surface area contributed by atoms with Crippen molar-refractivity contribution in [3.63, 3.8) is 0 Å². The molecule has 0 radical (unpaired) electrons. The number of aromatic nitrogens is 1. The van der Waals surface area contributed by atoms with Crippen molar-refractivity contribution < 1.29 is 0 Å². The van der Waals surface area contributed by atoms with Gasteiger partial charge in [0.15, 0.2) is 0 Å². The van der Waals surface area contributed by atoms with Crippen molar-refractivity contribution in [2.24, 2.45) is 0 Å². The van der Waals surface area contributed by atoms with Gasteiger partial charge in [0.25, 0.3) is 0 Å². The molecule has 0 N–H and O–H groups in total. The molecule has 0 saturated carbocycles. The molecule has 13 heavy (non-hydrogen) atoms. The van der Waals surface area contributed by atoms with Crippen LogP contribution in [0.15, 0.2) is 18.3 Å².